The molecule has 0 aliphatic carbocycles. The second kappa shape index (κ2) is 7.77. The lowest BCUT2D eigenvalue weighted by Gasteiger charge is -2.14. The van der Waals surface area contributed by atoms with Gasteiger partial charge in [0.1, 0.15) is 17.3 Å². The summed E-state index contributed by atoms with van der Waals surface area (Å²) in [6, 6.07) is 10.7. The van der Waals surface area contributed by atoms with Crippen LogP contribution in [0.2, 0.25) is 0 Å². The van der Waals surface area contributed by atoms with E-state index >= 15 is 0 Å². The monoisotopic (exact) mass is 383 g/mol. The first kappa shape index (κ1) is 19.1. The van der Waals surface area contributed by atoms with Gasteiger partial charge in [0.15, 0.2) is 15.6 Å². The average molecular weight is 383 g/mol. The second-order valence-electron chi connectivity index (χ2n) is 5.29. The summed E-state index contributed by atoms with van der Waals surface area (Å²) in [7, 11) is -3.47. The molecule has 0 bridgehead atoms. The van der Waals surface area contributed by atoms with Gasteiger partial charge in [-0.1, -0.05) is 12.1 Å². The van der Waals surface area contributed by atoms with Gasteiger partial charge in [0.2, 0.25) is 0 Å². The molecule has 9 heteroatoms. The number of carbonyl (C=O) groups excluding carboxylic acids is 1. The van der Waals surface area contributed by atoms with Crippen molar-refractivity contribution in [2.45, 2.75) is 18.4 Å². The van der Waals surface area contributed by atoms with Gasteiger partial charge in [0.25, 0.3) is 11.3 Å². The smallest absolute Gasteiger partial charge is 0.259 e. The predicted molar refractivity (Wildman–Crippen MR) is 94.7 cm³/mol. The lowest BCUT2D eigenvalue weighted by atomic mass is 10.1. The average Bonchev–Trinajstić information content (AvgIpc) is 2.52. The van der Waals surface area contributed by atoms with Crippen molar-refractivity contribution < 1.29 is 26.7 Å². The minimum absolute atomic E-state index is 0.0398. The summed E-state index contributed by atoms with van der Waals surface area (Å²) in [5.41, 5.74) is 1.16. The number of nitrogens with one attached hydrogen (secondary N) is 1. The molecule has 2 aromatic rings. The van der Waals surface area contributed by atoms with Crippen LogP contribution in [0.25, 0.3) is 0 Å². The quantitative estimate of drug-likeness (QED) is 0.561. The number of anilines is 1. The number of hydrogen-bond acceptors (Lipinski definition) is 5. The molecule has 2 rings (SSSR count). The number of hydrogen-bond donors (Lipinski definition) is 2. The molecule has 0 heterocycles. The maximum atomic E-state index is 11.8. The number of para-hydroxylation sites is 1. The fourth-order valence-electron chi connectivity index (χ4n) is 2.16. The molecular weight excluding hydrogens is 366 g/mol. The summed E-state index contributed by atoms with van der Waals surface area (Å²) in [6.45, 7) is 1.31. The van der Waals surface area contributed by atoms with E-state index in [0.29, 0.717) is 16.8 Å². The standard InChI is InChI=1S/C16H17NO6S2/c1-11(18)12-7-8-14(17-24(19)20)13(9-12)10-23-15-5-3-4-6-16(15)25(2,21)22/h3-9,17H,10H2,1-2H3,(H,19,20). The minimum atomic E-state index is -3.47. The Morgan fingerprint density at radius 3 is 2.52 bits per heavy atom. The Labute approximate surface area is 148 Å². The molecular formula is C16H17NO6S2. The van der Waals surface area contributed by atoms with Crippen molar-refractivity contribution in [2.75, 3.05) is 11.0 Å². The molecule has 7 nitrogen and oxygen atoms in total. The van der Waals surface area contributed by atoms with Crippen LogP contribution in [0.3, 0.4) is 0 Å². The molecule has 0 radical (unpaired) electrons. The summed E-state index contributed by atoms with van der Waals surface area (Å²) in [5.74, 6) is -0.0104. The third kappa shape index (κ3) is 5.12. The Morgan fingerprint density at radius 2 is 1.92 bits per heavy atom. The highest BCUT2D eigenvalue weighted by molar-refractivity contribution is 7.90. The molecule has 1 unspecified atom stereocenters. The van der Waals surface area contributed by atoms with Crippen molar-refractivity contribution in [2.24, 2.45) is 0 Å². The first-order chi connectivity index (χ1) is 11.7. The zero-order chi connectivity index (χ0) is 18.6. The summed E-state index contributed by atoms with van der Waals surface area (Å²) in [4.78, 5) is 11.6. The van der Waals surface area contributed by atoms with Crippen molar-refractivity contribution >= 4 is 32.6 Å². The van der Waals surface area contributed by atoms with E-state index in [0.717, 1.165) is 6.26 Å². The van der Waals surface area contributed by atoms with Crippen LogP contribution in [0.1, 0.15) is 22.8 Å². The van der Waals surface area contributed by atoms with E-state index < -0.39 is 21.1 Å². The highest BCUT2D eigenvalue weighted by atomic mass is 32.2. The van der Waals surface area contributed by atoms with Crippen molar-refractivity contribution in [3.63, 3.8) is 0 Å². The van der Waals surface area contributed by atoms with Gasteiger partial charge in [-0.3, -0.25) is 14.1 Å². The van der Waals surface area contributed by atoms with Gasteiger partial charge in [-0.05, 0) is 37.3 Å². The van der Waals surface area contributed by atoms with Crippen LogP contribution in [0, 0.1) is 0 Å². The van der Waals surface area contributed by atoms with E-state index in [-0.39, 0.29) is 23.0 Å². The number of ether oxygens (including phenoxy) is 1. The summed E-state index contributed by atoms with van der Waals surface area (Å²) < 4.78 is 51.6. The summed E-state index contributed by atoms with van der Waals surface area (Å²) in [6.07, 6.45) is 1.08. The summed E-state index contributed by atoms with van der Waals surface area (Å²) >= 11 is -2.30. The molecule has 0 aromatic heterocycles. The zero-order valence-electron chi connectivity index (χ0n) is 13.6. The Balaban J connectivity index is 2.35. The van der Waals surface area contributed by atoms with E-state index in [1.54, 1.807) is 12.1 Å². The minimum Gasteiger partial charge on any atom is -0.487 e. The van der Waals surface area contributed by atoms with Gasteiger partial charge in [-0.25, -0.2) is 12.6 Å². The fourth-order valence-corrected chi connectivity index (χ4v) is 3.36. The van der Waals surface area contributed by atoms with Crippen molar-refractivity contribution in [1.82, 2.24) is 0 Å². The van der Waals surface area contributed by atoms with E-state index in [4.69, 9.17) is 9.29 Å². The molecule has 0 aliphatic heterocycles. The SMILES string of the molecule is CC(=O)c1ccc(NS(=O)O)c(COc2ccccc2S(C)(=O)=O)c1. The van der Waals surface area contributed by atoms with E-state index in [1.165, 1.54) is 37.3 Å². The predicted octanol–water partition coefficient (Wildman–Crippen LogP) is 2.42. The number of Topliss-reactive ketones (excluding diaryl/α,β-unsaturated/α-hetero) is 1. The number of benzene rings is 2. The Bertz CT molecular complexity index is 924. The molecule has 0 aliphatic rings. The molecule has 0 fully saturated rings. The maximum absolute atomic E-state index is 11.8. The van der Waals surface area contributed by atoms with Crippen LogP contribution < -0.4 is 9.46 Å². The van der Waals surface area contributed by atoms with Gasteiger partial charge in [-0.15, -0.1) is 0 Å². The van der Waals surface area contributed by atoms with Crippen LogP contribution in [0.5, 0.6) is 5.75 Å². The van der Waals surface area contributed by atoms with E-state index in [2.05, 4.69) is 4.72 Å². The number of sulfone groups is 1. The van der Waals surface area contributed by atoms with Crippen LogP contribution in [-0.4, -0.2) is 29.2 Å². The second-order valence-corrected chi connectivity index (χ2v) is 7.97. The topological polar surface area (TPSA) is 110 Å². The van der Waals surface area contributed by atoms with Crippen LogP contribution in [-0.2, 0) is 27.7 Å². The lowest BCUT2D eigenvalue weighted by Crippen LogP contribution is -2.09. The first-order valence-electron chi connectivity index (χ1n) is 7.11. The third-order valence-corrected chi connectivity index (χ3v) is 4.87. The first-order valence-corrected chi connectivity index (χ1v) is 10.1. The number of ketones is 1. The van der Waals surface area contributed by atoms with Gasteiger partial charge in [-0.2, -0.15) is 0 Å². The molecule has 0 amide bonds. The molecule has 2 N–H and O–H groups in total. The number of carbonyl (C=O) groups is 1. The number of rotatable bonds is 7. The molecule has 0 spiro atoms. The molecule has 134 valence electrons. The molecule has 0 saturated heterocycles. The van der Waals surface area contributed by atoms with Crippen LogP contribution in [0.15, 0.2) is 47.4 Å². The normalized spacial score (nSPS) is 12.4. The Morgan fingerprint density at radius 1 is 1.24 bits per heavy atom. The molecule has 1 atom stereocenters. The lowest BCUT2D eigenvalue weighted by molar-refractivity contribution is 0.101. The van der Waals surface area contributed by atoms with Gasteiger partial charge < -0.3 is 4.74 Å². The largest absolute Gasteiger partial charge is 0.487 e. The van der Waals surface area contributed by atoms with Gasteiger partial charge >= 0.3 is 0 Å². The maximum Gasteiger partial charge on any atom is 0.259 e. The van der Waals surface area contributed by atoms with Crippen LogP contribution in [0.4, 0.5) is 5.69 Å². The van der Waals surface area contributed by atoms with Crippen molar-refractivity contribution in [1.29, 1.82) is 0 Å². The van der Waals surface area contributed by atoms with E-state index in [9.17, 15) is 17.4 Å². The molecule has 0 saturated carbocycles. The Hall–Kier alpha value is -2.23. The van der Waals surface area contributed by atoms with E-state index in [1.807, 2.05) is 0 Å². The van der Waals surface area contributed by atoms with Crippen LogP contribution >= 0.6 is 0 Å². The van der Waals surface area contributed by atoms with Crippen molar-refractivity contribution in [3.05, 3.63) is 53.6 Å². The molecule has 25 heavy (non-hydrogen) atoms. The highest BCUT2D eigenvalue weighted by Crippen LogP contribution is 2.26. The zero-order valence-corrected chi connectivity index (χ0v) is 15.2. The van der Waals surface area contributed by atoms with Gasteiger partial charge in [0, 0.05) is 17.4 Å². The van der Waals surface area contributed by atoms with Gasteiger partial charge in [0.05, 0.1) is 5.69 Å². The third-order valence-electron chi connectivity index (χ3n) is 3.34. The highest BCUT2D eigenvalue weighted by Gasteiger charge is 2.15. The summed E-state index contributed by atoms with van der Waals surface area (Å²) in [5, 5.41) is 0. The Kier molecular flexibility index (Phi) is 5.93. The molecule has 2 aromatic carbocycles. The fraction of sp³-hybridized carbons (Fsp3) is 0.188. The van der Waals surface area contributed by atoms with Crippen molar-refractivity contribution in [3.8, 4) is 5.75 Å².